The molecular weight excluding hydrogens is 297 g/mol. The van der Waals surface area contributed by atoms with Crippen molar-refractivity contribution in [3.63, 3.8) is 0 Å². The second-order valence-electron chi connectivity index (χ2n) is 5.15. The molecule has 1 heterocycles. The smallest absolute Gasteiger partial charge is 0.140 e. The quantitative estimate of drug-likeness (QED) is 0.707. The molecule has 1 N–H and O–H groups in total. The number of fused-ring (bicyclic) bond motifs is 1. The van der Waals surface area contributed by atoms with Crippen LogP contribution in [0.15, 0.2) is 53.9 Å². The number of halogens is 1. The van der Waals surface area contributed by atoms with E-state index in [2.05, 4.69) is 5.32 Å². The summed E-state index contributed by atoms with van der Waals surface area (Å²) in [4.78, 5) is 0. The first-order valence-electron chi connectivity index (χ1n) is 7.31. The number of hydrogen-bond donors (Lipinski definition) is 1. The van der Waals surface area contributed by atoms with Gasteiger partial charge in [0.1, 0.15) is 17.7 Å². The lowest BCUT2D eigenvalue weighted by atomic mass is 10.1. The van der Waals surface area contributed by atoms with Crippen molar-refractivity contribution in [3.8, 4) is 5.75 Å². The van der Waals surface area contributed by atoms with Gasteiger partial charge in [-0.1, -0.05) is 30.3 Å². The fourth-order valence-electron chi connectivity index (χ4n) is 2.49. The summed E-state index contributed by atoms with van der Waals surface area (Å²) in [6.45, 7) is 0.836. The second kappa shape index (κ2) is 6.90. The molecule has 0 bridgehead atoms. The van der Waals surface area contributed by atoms with Crippen molar-refractivity contribution in [2.24, 2.45) is 0 Å². The van der Waals surface area contributed by atoms with Gasteiger partial charge in [-0.15, -0.1) is 11.3 Å². The summed E-state index contributed by atoms with van der Waals surface area (Å²) in [6, 6.07) is 15.0. The zero-order valence-electron chi connectivity index (χ0n) is 12.4. The summed E-state index contributed by atoms with van der Waals surface area (Å²) >= 11 is 1.58. The van der Waals surface area contributed by atoms with Crippen LogP contribution in [0.25, 0.3) is 10.1 Å². The summed E-state index contributed by atoms with van der Waals surface area (Å²) < 4.78 is 21.0. The third-order valence-corrected chi connectivity index (χ3v) is 4.52. The summed E-state index contributed by atoms with van der Waals surface area (Å²) in [5, 5.41) is 6.00. The molecule has 0 aliphatic heterocycles. The molecule has 1 aromatic heterocycles. The van der Waals surface area contributed by atoms with Gasteiger partial charge in [-0.05, 0) is 42.1 Å². The molecular formula is C18H18FNOS. The molecule has 1 unspecified atom stereocenters. The van der Waals surface area contributed by atoms with Gasteiger partial charge in [0.25, 0.3) is 0 Å². The van der Waals surface area contributed by atoms with Crippen LogP contribution in [0.5, 0.6) is 5.75 Å². The molecule has 1 atom stereocenters. The SMILES string of the molecule is CNCCC(Oc1cc(F)cc2ccsc12)c1ccccc1. The number of thiophene rings is 1. The molecule has 0 spiro atoms. The third kappa shape index (κ3) is 3.29. The van der Waals surface area contributed by atoms with E-state index >= 15 is 0 Å². The van der Waals surface area contributed by atoms with Crippen molar-refractivity contribution in [2.45, 2.75) is 12.5 Å². The van der Waals surface area contributed by atoms with Crippen LogP contribution in [-0.2, 0) is 0 Å². The second-order valence-corrected chi connectivity index (χ2v) is 6.07. The highest BCUT2D eigenvalue weighted by atomic mass is 32.1. The maximum absolute atomic E-state index is 13.8. The number of ether oxygens (including phenoxy) is 1. The van der Waals surface area contributed by atoms with Gasteiger partial charge in [0.2, 0.25) is 0 Å². The van der Waals surface area contributed by atoms with Crippen LogP contribution in [0.4, 0.5) is 4.39 Å². The Bertz CT molecular complexity index is 741. The Labute approximate surface area is 133 Å². The third-order valence-electron chi connectivity index (χ3n) is 3.58. The van der Waals surface area contributed by atoms with Crippen LogP contribution in [-0.4, -0.2) is 13.6 Å². The Kier molecular flexibility index (Phi) is 4.71. The van der Waals surface area contributed by atoms with Gasteiger partial charge in [-0.2, -0.15) is 0 Å². The fraction of sp³-hybridized carbons (Fsp3) is 0.222. The van der Waals surface area contributed by atoms with Crippen LogP contribution in [0.2, 0.25) is 0 Å². The summed E-state index contributed by atoms with van der Waals surface area (Å²) in [5.41, 5.74) is 1.10. The van der Waals surface area contributed by atoms with Crippen molar-refractivity contribution >= 4 is 21.4 Å². The Morgan fingerprint density at radius 2 is 2.00 bits per heavy atom. The van der Waals surface area contributed by atoms with Crippen LogP contribution < -0.4 is 10.1 Å². The highest BCUT2D eigenvalue weighted by Crippen LogP contribution is 2.35. The summed E-state index contributed by atoms with van der Waals surface area (Å²) in [7, 11) is 1.92. The monoisotopic (exact) mass is 315 g/mol. The van der Waals surface area contributed by atoms with Crippen molar-refractivity contribution < 1.29 is 9.13 Å². The van der Waals surface area contributed by atoms with Gasteiger partial charge in [-0.3, -0.25) is 0 Å². The van der Waals surface area contributed by atoms with Gasteiger partial charge in [0.15, 0.2) is 0 Å². The topological polar surface area (TPSA) is 21.3 Å². The number of nitrogens with one attached hydrogen (secondary N) is 1. The van der Waals surface area contributed by atoms with Crippen molar-refractivity contribution in [2.75, 3.05) is 13.6 Å². The van der Waals surface area contributed by atoms with Crippen molar-refractivity contribution in [1.29, 1.82) is 0 Å². The minimum absolute atomic E-state index is 0.0965. The average Bonchev–Trinajstić information content (AvgIpc) is 3.00. The van der Waals surface area contributed by atoms with E-state index in [4.69, 9.17) is 4.74 Å². The highest BCUT2D eigenvalue weighted by molar-refractivity contribution is 7.17. The van der Waals surface area contributed by atoms with Crippen molar-refractivity contribution in [1.82, 2.24) is 5.32 Å². The molecule has 2 aromatic carbocycles. The zero-order valence-corrected chi connectivity index (χ0v) is 13.2. The predicted octanol–water partition coefficient (Wildman–Crippen LogP) is 4.77. The van der Waals surface area contributed by atoms with E-state index in [1.54, 1.807) is 17.4 Å². The van der Waals surface area contributed by atoms with Gasteiger partial charge < -0.3 is 10.1 Å². The van der Waals surface area contributed by atoms with E-state index in [1.165, 1.54) is 6.07 Å². The van der Waals surface area contributed by atoms with E-state index in [0.29, 0.717) is 5.75 Å². The Morgan fingerprint density at radius 3 is 2.77 bits per heavy atom. The molecule has 0 amide bonds. The van der Waals surface area contributed by atoms with E-state index in [-0.39, 0.29) is 11.9 Å². The molecule has 0 fully saturated rings. The Balaban J connectivity index is 1.93. The first-order chi connectivity index (χ1) is 10.8. The number of hydrogen-bond acceptors (Lipinski definition) is 3. The predicted molar refractivity (Wildman–Crippen MR) is 90.1 cm³/mol. The molecule has 4 heteroatoms. The minimum Gasteiger partial charge on any atom is -0.484 e. The van der Waals surface area contributed by atoms with Gasteiger partial charge >= 0.3 is 0 Å². The van der Waals surface area contributed by atoms with Crippen LogP contribution in [0.3, 0.4) is 0 Å². The van der Waals surface area contributed by atoms with E-state index in [0.717, 1.165) is 28.6 Å². The molecule has 0 saturated carbocycles. The van der Waals surface area contributed by atoms with Crippen LogP contribution in [0, 0.1) is 5.82 Å². The standard InChI is InChI=1S/C18H18FNOS/c1-20-9-7-16(13-5-3-2-4-6-13)21-17-12-15(19)11-14-8-10-22-18(14)17/h2-6,8,10-12,16,20H,7,9H2,1H3. The molecule has 0 aliphatic carbocycles. The molecule has 114 valence electrons. The molecule has 2 nitrogen and oxygen atoms in total. The molecule has 3 rings (SSSR count). The molecule has 0 aliphatic rings. The van der Waals surface area contributed by atoms with Crippen LogP contribution >= 0.6 is 11.3 Å². The molecule has 22 heavy (non-hydrogen) atoms. The first-order valence-corrected chi connectivity index (χ1v) is 8.19. The normalized spacial score (nSPS) is 12.5. The average molecular weight is 315 g/mol. The maximum atomic E-state index is 13.8. The molecule has 3 aromatic rings. The number of benzene rings is 2. The van der Waals surface area contributed by atoms with Gasteiger partial charge in [0, 0.05) is 12.5 Å². The summed E-state index contributed by atoms with van der Waals surface area (Å²) in [6.07, 6.45) is 0.727. The van der Waals surface area contributed by atoms with Gasteiger partial charge in [-0.25, -0.2) is 4.39 Å². The zero-order chi connectivity index (χ0) is 15.4. The maximum Gasteiger partial charge on any atom is 0.140 e. The van der Waals surface area contributed by atoms with Crippen LogP contribution in [0.1, 0.15) is 18.1 Å². The number of rotatable bonds is 6. The Morgan fingerprint density at radius 1 is 1.18 bits per heavy atom. The molecule has 0 saturated heterocycles. The fourth-order valence-corrected chi connectivity index (χ4v) is 3.33. The summed E-state index contributed by atoms with van der Waals surface area (Å²) in [5.74, 6) is 0.358. The lowest BCUT2D eigenvalue weighted by Crippen LogP contribution is -2.16. The van der Waals surface area contributed by atoms with E-state index < -0.39 is 0 Å². The van der Waals surface area contributed by atoms with Gasteiger partial charge in [0.05, 0.1) is 4.70 Å². The lowest BCUT2D eigenvalue weighted by molar-refractivity contribution is 0.197. The first kappa shape index (κ1) is 15.0. The highest BCUT2D eigenvalue weighted by Gasteiger charge is 2.16. The Hall–Kier alpha value is -1.91. The lowest BCUT2D eigenvalue weighted by Gasteiger charge is -2.20. The van der Waals surface area contributed by atoms with E-state index in [1.807, 2.05) is 48.8 Å². The van der Waals surface area contributed by atoms with Crippen molar-refractivity contribution in [3.05, 3.63) is 65.3 Å². The van der Waals surface area contributed by atoms with E-state index in [9.17, 15) is 4.39 Å². The largest absolute Gasteiger partial charge is 0.484 e. The minimum atomic E-state index is -0.263. The molecule has 0 radical (unpaired) electrons.